The Morgan fingerprint density at radius 3 is 2.53 bits per heavy atom. The van der Waals surface area contributed by atoms with Gasteiger partial charge in [0.2, 0.25) is 5.88 Å². The molecule has 0 bridgehead atoms. The summed E-state index contributed by atoms with van der Waals surface area (Å²) in [5.74, 6) is 3.60. The maximum atomic E-state index is 9.95. The van der Waals surface area contributed by atoms with Crippen molar-refractivity contribution in [3.63, 3.8) is 0 Å². The van der Waals surface area contributed by atoms with Gasteiger partial charge in [-0.3, -0.25) is 0 Å². The highest BCUT2D eigenvalue weighted by Gasteiger charge is 2.28. The first-order chi connectivity index (χ1) is 14.7. The van der Waals surface area contributed by atoms with E-state index < -0.39 is 0 Å². The molecule has 2 saturated carbocycles. The number of pyridine rings is 1. The first-order valence-corrected chi connectivity index (χ1v) is 11.9. The molecule has 5 rings (SSSR count). The lowest BCUT2D eigenvalue weighted by Gasteiger charge is -2.32. The standard InChI is InChI=1S/C24H34N4O2/c1-15-10-16(11-15)12-22-26-14-21-23(28-22)20(17-2-4-18(29)5-3-17)13-27-24(21)30-19-6-8-25-9-7-19/h13-19,25,29H,2-12H2,1H3. The Labute approximate surface area is 178 Å². The molecular weight excluding hydrogens is 376 g/mol. The first-order valence-electron chi connectivity index (χ1n) is 11.9. The van der Waals surface area contributed by atoms with Crippen LogP contribution in [0.5, 0.6) is 5.88 Å². The summed E-state index contributed by atoms with van der Waals surface area (Å²) in [6.45, 7) is 4.31. The van der Waals surface area contributed by atoms with Gasteiger partial charge in [0.25, 0.3) is 0 Å². The molecule has 3 heterocycles. The first kappa shape index (κ1) is 20.1. The van der Waals surface area contributed by atoms with Crippen LogP contribution in [0, 0.1) is 11.8 Å². The maximum absolute atomic E-state index is 9.95. The fourth-order valence-corrected chi connectivity index (χ4v) is 5.50. The molecule has 0 atom stereocenters. The van der Waals surface area contributed by atoms with Crippen molar-refractivity contribution in [3.8, 4) is 5.88 Å². The average molecular weight is 411 g/mol. The number of aliphatic hydroxyl groups excluding tert-OH is 1. The van der Waals surface area contributed by atoms with Gasteiger partial charge < -0.3 is 15.2 Å². The molecule has 0 unspecified atom stereocenters. The molecule has 0 amide bonds. The van der Waals surface area contributed by atoms with E-state index in [0.717, 1.165) is 86.6 Å². The monoisotopic (exact) mass is 410 g/mol. The lowest BCUT2D eigenvalue weighted by atomic mass is 9.74. The Balaban J connectivity index is 1.46. The molecule has 162 valence electrons. The summed E-state index contributed by atoms with van der Waals surface area (Å²) in [5, 5.41) is 14.3. The summed E-state index contributed by atoms with van der Waals surface area (Å²) in [6.07, 6.45) is 13.2. The van der Waals surface area contributed by atoms with Crippen molar-refractivity contribution in [2.24, 2.45) is 11.8 Å². The molecule has 2 aromatic heterocycles. The van der Waals surface area contributed by atoms with E-state index >= 15 is 0 Å². The number of aliphatic hydroxyl groups is 1. The van der Waals surface area contributed by atoms with Crippen LogP contribution in [0.2, 0.25) is 0 Å². The number of hydrogen-bond donors (Lipinski definition) is 2. The van der Waals surface area contributed by atoms with Crippen LogP contribution in [0.4, 0.5) is 0 Å². The highest BCUT2D eigenvalue weighted by atomic mass is 16.5. The van der Waals surface area contributed by atoms with Gasteiger partial charge in [0.05, 0.1) is 17.0 Å². The summed E-state index contributed by atoms with van der Waals surface area (Å²) in [4.78, 5) is 14.5. The molecule has 6 nitrogen and oxygen atoms in total. The lowest BCUT2D eigenvalue weighted by Crippen LogP contribution is -2.34. The summed E-state index contributed by atoms with van der Waals surface area (Å²) < 4.78 is 6.32. The fourth-order valence-electron chi connectivity index (χ4n) is 5.50. The van der Waals surface area contributed by atoms with Crippen molar-refractivity contribution >= 4 is 10.9 Å². The van der Waals surface area contributed by atoms with Crippen molar-refractivity contribution in [3.05, 3.63) is 23.8 Å². The Bertz CT molecular complexity index is 869. The zero-order valence-corrected chi connectivity index (χ0v) is 18.0. The third kappa shape index (κ3) is 4.30. The zero-order valence-electron chi connectivity index (χ0n) is 18.0. The van der Waals surface area contributed by atoms with Gasteiger partial charge >= 0.3 is 0 Å². The SMILES string of the molecule is CC1CC(Cc2ncc3c(OC4CCNCC4)ncc(C4CCC(O)CC4)c3n2)C1. The molecule has 3 aliphatic rings. The topological polar surface area (TPSA) is 80.2 Å². The third-order valence-corrected chi connectivity index (χ3v) is 7.31. The molecular formula is C24H34N4O2. The fraction of sp³-hybridized carbons (Fsp3) is 0.708. The van der Waals surface area contributed by atoms with Gasteiger partial charge in [-0.1, -0.05) is 6.92 Å². The second kappa shape index (κ2) is 8.75. The second-order valence-electron chi connectivity index (χ2n) is 9.79. The Morgan fingerprint density at radius 2 is 1.80 bits per heavy atom. The zero-order chi connectivity index (χ0) is 20.5. The van der Waals surface area contributed by atoms with Crippen LogP contribution in [-0.2, 0) is 6.42 Å². The van der Waals surface area contributed by atoms with E-state index in [9.17, 15) is 5.11 Å². The number of nitrogens with zero attached hydrogens (tertiary/aromatic N) is 3. The van der Waals surface area contributed by atoms with E-state index in [1.807, 2.05) is 12.4 Å². The van der Waals surface area contributed by atoms with Crippen molar-refractivity contribution < 1.29 is 9.84 Å². The highest BCUT2D eigenvalue weighted by molar-refractivity contribution is 5.85. The second-order valence-corrected chi connectivity index (χ2v) is 9.79. The van der Waals surface area contributed by atoms with E-state index in [1.165, 1.54) is 18.4 Å². The van der Waals surface area contributed by atoms with Crippen LogP contribution >= 0.6 is 0 Å². The maximum Gasteiger partial charge on any atom is 0.224 e. The molecule has 0 spiro atoms. The summed E-state index contributed by atoms with van der Waals surface area (Å²) in [5.41, 5.74) is 2.23. The largest absolute Gasteiger partial charge is 0.474 e. The Kier molecular flexibility index (Phi) is 5.87. The number of hydrogen-bond acceptors (Lipinski definition) is 6. The average Bonchev–Trinajstić information content (AvgIpc) is 2.74. The molecule has 1 saturated heterocycles. The Morgan fingerprint density at radius 1 is 1.03 bits per heavy atom. The van der Waals surface area contributed by atoms with E-state index in [1.54, 1.807) is 0 Å². The molecule has 6 heteroatoms. The summed E-state index contributed by atoms with van der Waals surface area (Å²) in [7, 11) is 0. The van der Waals surface area contributed by atoms with E-state index in [4.69, 9.17) is 19.7 Å². The van der Waals surface area contributed by atoms with Gasteiger partial charge in [-0.25, -0.2) is 15.0 Å². The molecule has 3 fully saturated rings. The molecule has 0 radical (unpaired) electrons. The van der Waals surface area contributed by atoms with Crippen LogP contribution in [0.25, 0.3) is 10.9 Å². The van der Waals surface area contributed by atoms with Crippen molar-refractivity contribution in [1.29, 1.82) is 0 Å². The molecule has 2 aliphatic carbocycles. The predicted molar refractivity (Wildman–Crippen MR) is 117 cm³/mol. The van der Waals surface area contributed by atoms with Gasteiger partial charge in [0.15, 0.2) is 0 Å². The summed E-state index contributed by atoms with van der Waals surface area (Å²) >= 11 is 0. The molecule has 0 aromatic carbocycles. The van der Waals surface area contributed by atoms with Gasteiger partial charge in [-0.2, -0.15) is 0 Å². The van der Waals surface area contributed by atoms with Crippen molar-refractivity contribution in [2.75, 3.05) is 13.1 Å². The van der Waals surface area contributed by atoms with Crippen LogP contribution in [0.1, 0.15) is 75.6 Å². The van der Waals surface area contributed by atoms with Crippen molar-refractivity contribution in [2.45, 2.75) is 82.8 Å². The highest BCUT2D eigenvalue weighted by Crippen LogP contribution is 2.39. The van der Waals surface area contributed by atoms with Crippen LogP contribution in [0.15, 0.2) is 12.4 Å². The van der Waals surface area contributed by atoms with Crippen molar-refractivity contribution in [1.82, 2.24) is 20.3 Å². The minimum absolute atomic E-state index is 0.159. The van der Waals surface area contributed by atoms with Gasteiger partial charge in [-0.15, -0.1) is 0 Å². The lowest BCUT2D eigenvalue weighted by molar-refractivity contribution is 0.122. The van der Waals surface area contributed by atoms with E-state index in [2.05, 4.69) is 12.2 Å². The van der Waals surface area contributed by atoms with E-state index in [-0.39, 0.29) is 12.2 Å². The number of ether oxygens (including phenoxy) is 1. The smallest absolute Gasteiger partial charge is 0.224 e. The molecule has 1 aliphatic heterocycles. The van der Waals surface area contributed by atoms with Gasteiger partial charge in [-0.05, 0) is 82.2 Å². The number of rotatable bonds is 5. The van der Waals surface area contributed by atoms with Gasteiger partial charge in [0.1, 0.15) is 11.9 Å². The third-order valence-electron chi connectivity index (χ3n) is 7.31. The van der Waals surface area contributed by atoms with E-state index in [0.29, 0.717) is 11.8 Å². The van der Waals surface area contributed by atoms with Crippen LogP contribution < -0.4 is 10.1 Å². The number of nitrogens with one attached hydrogen (secondary N) is 1. The molecule has 2 N–H and O–H groups in total. The minimum Gasteiger partial charge on any atom is -0.474 e. The molecule has 2 aromatic rings. The summed E-state index contributed by atoms with van der Waals surface area (Å²) in [6, 6.07) is 0. The minimum atomic E-state index is -0.159. The van der Waals surface area contributed by atoms with Crippen LogP contribution in [-0.4, -0.2) is 45.4 Å². The van der Waals surface area contributed by atoms with Gasteiger partial charge in [0, 0.05) is 24.4 Å². The molecule has 30 heavy (non-hydrogen) atoms. The quantitative estimate of drug-likeness (QED) is 0.781. The predicted octanol–water partition coefficient (Wildman–Crippen LogP) is 3.76. The Hall–Kier alpha value is -1.79. The number of aromatic nitrogens is 3. The normalized spacial score (nSPS) is 30.2. The number of piperidine rings is 1. The number of fused-ring (bicyclic) bond motifs is 1. The van der Waals surface area contributed by atoms with Crippen LogP contribution in [0.3, 0.4) is 0 Å².